The summed E-state index contributed by atoms with van der Waals surface area (Å²) in [7, 11) is 3.23. The molecular weight excluding hydrogens is 269 g/mol. The zero-order chi connectivity index (χ0) is 15.2. The van der Waals surface area contributed by atoms with E-state index < -0.39 is 0 Å². The third-order valence-corrected chi connectivity index (χ3v) is 3.58. The molecule has 2 N–H and O–H groups in total. The second kappa shape index (κ2) is 7.09. The monoisotopic (exact) mass is 289 g/mol. The van der Waals surface area contributed by atoms with E-state index in [1.807, 2.05) is 24.3 Å². The Balaban J connectivity index is 2.32. The molecule has 2 aromatic carbocycles. The van der Waals surface area contributed by atoms with Crippen molar-refractivity contribution in [2.45, 2.75) is 12.3 Å². The Morgan fingerprint density at radius 2 is 1.86 bits per heavy atom. The lowest BCUT2D eigenvalue weighted by molar-refractivity contribution is 0.397. The molecule has 0 saturated carbocycles. The van der Waals surface area contributed by atoms with Crippen LogP contribution in [0.25, 0.3) is 0 Å². The van der Waals surface area contributed by atoms with Gasteiger partial charge < -0.3 is 15.2 Å². The lowest BCUT2D eigenvalue weighted by Gasteiger charge is -2.18. The molecule has 112 valence electrons. The zero-order valence-electron chi connectivity index (χ0n) is 12.3. The number of hydrogen-bond acceptors (Lipinski definition) is 3. The summed E-state index contributed by atoms with van der Waals surface area (Å²) in [6.45, 7) is 0.362. The van der Waals surface area contributed by atoms with E-state index in [0.717, 1.165) is 17.1 Å². The standard InChI is InChI=1S/C17H20FNO2/c1-20-14-7-8-17(21-2)12(10-14)9-13(11-19)15-5-3-4-6-16(15)18/h3-8,10,13H,9,11,19H2,1-2H3. The van der Waals surface area contributed by atoms with Crippen LogP contribution < -0.4 is 15.2 Å². The first-order valence-electron chi connectivity index (χ1n) is 6.85. The molecule has 0 bridgehead atoms. The van der Waals surface area contributed by atoms with Crippen molar-refractivity contribution in [1.29, 1.82) is 0 Å². The van der Waals surface area contributed by atoms with Gasteiger partial charge in [0, 0.05) is 5.92 Å². The molecule has 2 rings (SSSR count). The van der Waals surface area contributed by atoms with Crippen LogP contribution in [-0.2, 0) is 6.42 Å². The fourth-order valence-electron chi connectivity index (χ4n) is 2.43. The minimum atomic E-state index is -0.227. The summed E-state index contributed by atoms with van der Waals surface area (Å²) in [4.78, 5) is 0. The predicted octanol–water partition coefficient (Wildman–Crippen LogP) is 3.13. The van der Waals surface area contributed by atoms with Crippen LogP contribution >= 0.6 is 0 Å². The van der Waals surface area contributed by atoms with Crippen molar-refractivity contribution < 1.29 is 13.9 Å². The van der Waals surface area contributed by atoms with Gasteiger partial charge in [0.15, 0.2) is 0 Å². The molecule has 4 heteroatoms. The van der Waals surface area contributed by atoms with Gasteiger partial charge in [-0.15, -0.1) is 0 Å². The Morgan fingerprint density at radius 1 is 1.10 bits per heavy atom. The van der Waals surface area contributed by atoms with E-state index in [9.17, 15) is 4.39 Å². The maximum Gasteiger partial charge on any atom is 0.126 e. The quantitative estimate of drug-likeness (QED) is 0.888. The Kier molecular flexibility index (Phi) is 5.17. The predicted molar refractivity (Wildman–Crippen MR) is 81.4 cm³/mol. The Hall–Kier alpha value is -2.07. The summed E-state index contributed by atoms with van der Waals surface area (Å²) >= 11 is 0. The van der Waals surface area contributed by atoms with E-state index in [1.54, 1.807) is 26.4 Å². The van der Waals surface area contributed by atoms with Gasteiger partial charge in [0.25, 0.3) is 0 Å². The van der Waals surface area contributed by atoms with Gasteiger partial charge in [-0.1, -0.05) is 18.2 Å². The highest BCUT2D eigenvalue weighted by molar-refractivity contribution is 5.41. The average Bonchev–Trinajstić information content (AvgIpc) is 2.53. The Labute approximate surface area is 124 Å². The fraction of sp³-hybridized carbons (Fsp3) is 0.294. The van der Waals surface area contributed by atoms with Crippen LogP contribution in [0.1, 0.15) is 17.0 Å². The highest BCUT2D eigenvalue weighted by Crippen LogP contribution is 2.30. The molecule has 21 heavy (non-hydrogen) atoms. The number of nitrogens with two attached hydrogens (primary N) is 1. The molecule has 0 aromatic heterocycles. The molecule has 0 aliphatic rings. The average molecular weight is 289 g/mol. The first-order valence-corrected chi connectivity index (χ1v) is 6.85. The first kappa shape index (κ1) is 15.3. The van der Waals surface area contributed by atoms with Gasteiger partial charge in [0.05, 0.1) is 14.2 Å². The van der Waals surface area contributed by atoms with Crippen molar-refractivity contribution in [3.8, 4) is 11.5 Å². The van der Waals surface area contributed by atoms with E-state index in [-0.39, 0.29) is 11.7 Å². The van der Waals surface area contributed by atoms with E-state index in [0.29, 0.717) is 18.5 Å². The minimum absolute atomic E-state index is 0.104. The van der Waals surface area contributed by atoms with Crippen molar-refractivity contribution in [2.75, 3.05) is 20.8 Å². The Bertz CT molecular complexity index is 601. The van der Waals surface area contributed by atoms with Crippen LogP contribution in [0, 0.1) is 5.82 Å². The third-order valence-electron chi connectivity index (χ3n) is 3.58. The second-order valence-electron chi connectivity index (χ2n) is 4.84. The lowest BCUT2D eigenvalue weighted by atomic mass is 9.91. The molecule has 0 aliphatic carbocycles. The van der Waals surface area contributed by atoms with Gasteiger partial charge in [-0.2, -0.15) is 0 Å². The van der Waals surface area contributed by atoms with E-state index in [2.05, 4.69) is 0 Å². The van der Waals surface area contributed by atoms with Crippen LogP contribution in [0.3, 0.4) is 0 Å². The van der Waals surface area contributed by atoms with Crippen molar-refractivity contribution in [2.24, 2.45) is 5.73 Å². The largest absolute Gasteiger partial charge is 0.497 e. The fourth-order valence-corrected chi connectivity index (χ4v) is 2.43. The highest BCUT2D eigenvalue weighted by Gasteiger charge is 2.17. The van der Waals surface area contributed by atoms with Gasteiger partial charge in [0.1, 0.15) is 17.3 Å². The molecule has 0 spiro atoms. The van der Waals surface area contributed by atoms with E-state index >= 15 is 0 Å². The van der Waals surface area contributed by atoms with Gasteiger partial charge in [-0.3, -0.25) is 0 Å². The van der Waals surface area contributed by atoms with E-state index in [1.165, 1.54) is 6.07 Å². The van der Waals surface area contributed by atoms with Crippen LogP contribution in [0.4, 0.5) is 4.39 Å². The molecule has 1 unspecified atom stereocenters. The second-order valence-corrected chi connectivity index (χ2v) is 4.84. The van der Waals surface area contributed by atoms with Gasteiger partial charge >= 0.3 is 0 Å². The Morgan fingerprint density at radius 3 is 2.48 bits per heavy atom. The molecule has 0 aliphatic heterocycles. The number of hydrogen-bond donors (Lipinski definition) is 1. The molecule has 0 fully saturated rings. The summed E-state index contributed by atoms with van der Waals surface area (Å²) in [5, 5.41) is 0. The molecule has 3 nitrogen and oxygen atoms in total. The smallest absolute Gasteiger partial charge is 0.126 e. The van der Waals surface area contributed by atoms with Crippen molar-refractivity contribution in [3.63, 3.8) is 0 Å². The van der Waals surface area contributed by atoms with Crippen molar-refractivity contribution >= 4 is 0 Å². The summed E-state index contributed by atoms with van der Waals surface area (Å²) in [5.41, 5.74) is 7.43. The van der Waals surface area contributed by atoms with E-state index in [4.69, 9.17) is 15.2 Å². The molecule has 1 atom stereocenters. The maximum absolute atomic E-state index is 13.9. The van der Waals surface area contributed by atoms with Crippen LogP contribution in [-0.4, -0.2) is 20.8 Å². The summed E-state index contributed by atoms with van der Waals surface area (Å²) in [6, 6.07) is 12.3. The van der Waals surface area contributed by atoms with Crippen LogP contribution in [0.15, 0.2) is 42.5 Å². The summed E-state index contributed by atoms with van der Waals surface area (Å²) in [5.74, 6) is 1.17. The topological polar surface area (TPSA) is 44.5 Å². The SMILES string of the molecule is COc1ccc(OC)c(CC(CN)c2ccccc2F)c1. The lowest BCUT2D eigenvalue weighted by Crippen LogP contribution is -2.16. The van der Waals surface area contributed by atoms with Crippen molar-refractivity contribution in [3.05, 3.63) is 59.4 Å². The molecule has 0 amide bonds. The number of methoxy groups -OCH3 is 2. The summed E-state index contributed by atoms with van der Waals surface area (Å²) in [6.07, 6.45) is 0.595. The third kappa shape index (κ3) is 3.52. The van der Waals surface area contributed by atoms with Gasteiger partial charge in [0.2, 0.25) is 0 Å². The zero-order valence-corrected chi connectivity index (χ0v) is 12.3. The van der Waals surface area contributed by atoms with Gasteiger partial charge in [-0.05, 0) is 48.4 Å². The number of rotatable bonds is 6. The normalized spacial score (nSPS) is 12.0. The van der Waals surface area contributed by atoms with Gasteiger partial charge in [-0.25, -0.2) is 4.39 Å². The number of ether oxygens (including phenoxy) is 2. The highest BCUT2D eigenvalue weighted by atomic mass is 19.1. The molecule has 0 saturated heterocycles. The van der Waals surface area contributed by atoms with Crippen LogP contribution in [0.2, 0.25) is 0 Å². The number of halogens is 1. The number of benzene rings is 2. The summed E-state index contributed by atoms with van der Waals surface area (Å²) < 4.78 is 24.6. The van der Waals surface area contributed by atoms with Crippen molar-refractivity contribution in [1.82, 2.24) is 0 Å². The molecule has 2 aromatic rings. The molecule has 0 radical (unpaired) electrons. The maximum atomic E-state index is 13.9. The van der Waals surface area contributed by atoms with Crippen LogP contribution in [0.5, 0.6) is 11.5 Å². The molecule has 0 heterocycles. The first-order chi connectivity index (χ1) is 10.2. The minimum Gasteiger partial charge on any atom is -0.497 e. The molecular formula is C17H20FNO2.